The maximum Gasteiger partial charge on any atom is 0.252 e. The van der Waals surface area contributed by atoms with Gasteiger partial charge in [0.2, 0.25) is 11.0 Å². The number of amides is 2. The van der Waals surface area contributed by atoms with E-state index in [1.807, 2.05) is 30.3 Å². The van der Waals surface area contributed by atoms with Crippen LogP contribution >= 0.6 is 11.9 Å². The predicted molar refractivity (Wildman–Crippen MR) is 137 cm³/mol. The van der Waals surface area contributed by atoms with Crippen LogP contribution in [0.1, 0.15) is 34.0 Å². The van der Waals surface area contributed by atoms with Crippen LogP contribution in [0, 0.1) is 26.2 Å². The zero-order valence-corrected chi connectivity index (χ0v) is 20.9. The fraction of sp³-hybridized carbons (Fsp3) is 0.346. The van der Waals surface area contributed by atoms with Crippen molar-refractivity contribution < 1.29 is 24.6 Å². The third kappa shape index (κ3) is 7.86. The lowest BCUT2D eigenvalue weighted by Crippen LogP contribution is -2.48. The lowest BCUT2D eigenvalue weighted by Gasteiger charge is -2.24. The minimum Gasteiger partial charge on any atom is -0.507 e. The zero-order valence-electron chi connectivity index (χ0n) is 20.1. The number of terminal acetylenes is 1. The van der Waals surface area contributed by atoms with Crippen molar-refractivity contribution in [3.05, 3.63) is 64.7 Å². The molecule has 0 bridgehead atoms. The first kappa shape index (κ1) is 27.9. The van der Waals surface area contributed by atoms with Crippen LogP contribution in [-0.4, -0.2) is 63.8 Å². The van der Waals surface area contributed by atoms with Crippen molar-refractivity contribution in [2.75, 3.05) is 19.6 Å². The van der Waals surface area contributed by atoms with E-state index in [9.17, 15) is 24.6 Å². The number of nitrogens with one attached hydrogen (secondary N) is 2. The van der Waals surface area contributed by atoms with Gasteiger partial charge in [-0.3, -0.25) is 14.4 Å². The zero-order chi connectivity index (χ0) is 26.0. The highest BCUT2D eigenvalue weighted by atomic mass is 32.2. The molecule has 4 N–H and O–H groups in total. The van der Waals surface area contributed by atoms with E-state index in [1.54, 1.807) is 32.9 Å². The molecule has 0 heterocycles. The summed E-state index contributed by atoms with van der Waals surface area (Å²) in [5, 5.41) is 23.1. The molecule has 0 radical (unpaired) electrons. The minimum absolute atomic E-state index is 0.0178. The normalized spacial score (nSPS) is 12.3. The largest absolute Gasteiger partial charge is 0.507 e. The molecular weight excluding hydrogens is 466 g/mol. The molecule has 0 saturated heterocycles. The van der Waals surface area contributed by atoms with Crippen LogP contribution in [0.4, 0.5) is 0 Å². The van der Waals surface area contributed by atoms with Gasteiger partial charge in [0, 0.05) is 17.7 Å². The average molecular weight is 498 g/mol. The van der Waals surface area contributed by atoms with E-state index in [-0.39, 0.29) is 36.7 Å². The molecule has 186 valence electrons. The SMILES string of the molecule is C#CCN(CC)C(=O)CNSC(=O)[C@@H](O)[C@H](Cc1ccccc1)NC(=O)c1ccc(C)c(O)c1C. The number of likely N-dealkylation sites (N-methyl/N-ethyl adjacent to an activating group) is 1. The Balaban J connectivity index is 2.12. The van der Waals surface area contributed by atoms with E-state index >= 15 is 0 Å². The minimum atomic E-state index is -1.56. The lowest BCUT2D eigenvalue weighted by molar-refractivity contribution is -0.129. The molecular formula is C26H31N3O5S. The Bertz CT molecular complexity index is 1080. The van der Waals surface area contributed by atoms with Gasteiger partial charge in [-0.25, -0.2) is 4.72 Å². The third-order valence-corrected chi connectivity index (χ3v) is 6.26. The van der Waals surface area contributed by atoms with Gasteiger partial charge in [-0.1, -0.05) is 42.3 Å². The Morgan fingerprint density at radius 3 is 2.46 bits per heavy atom. The first-order chi connectivity index (χ1) is 16.7. The summed E-state index contributed by atoms with van der Waals surface area (Å²) in [4.78, 5) is 39.3. The number of hydrogen-bond donors (Lipinski definition) is 4. The first-order valence-electron chi connectivity index (χ1n) is 11.2. The van der Waals surface area contributed by atoms with E-state index in [4.69, 9.17) is 6.42 Å². The number of phenols is 1. The maximum absolute atomic E-state index is 13.0. The Hall–Kier alpha value is -3.32. The van der Waals surface area contributed by atoms with Crippen molar-refractivity contribution >= 4 is 28.9 Å². The molecule has 0 unspecified atom stereocenters. The highest BCUT2D eigenvalue weighted by molar-refractivity contribution is 8.12. The molecule has 2 atom stereocenters. The maximum atomic E-state index is 13.0. The summed E-state index contributed by atoms with van der Waals surface area (Å²) in [5.74, 6) is 1.63. The molecule has 0 aliphatic rings. The summed E-state index contributed by atoms with van der Waals surface area (Å²) in [7, 11) is 0. The van der Waals surface area contributed by atoms with Crippen LogP contribution < -0.4 is 10.0 Å². The molecule has 9 heteroatoms. The summed E-state index contributed by atoms with van der Waals surface area (Å²) in [6.07, 6.45) is 3.90. The molecule has 0 saturated carbocycles. The fourth-order valence-electron chi connectivity index (χ4n) is 3.43. The van der Waals surface area contributed by atoms with Crippen LogP contribution in [-0.2, 0) is 16.0 Å². The van der Waals surface area contributed by atoms with Crippen LogP contribution in [0.3, 0.4) is 0 Å². The van der Waals surface area contributed by atoms with Crippen LogP contribution in [0.25, 0.3) is 0 Å². The fourth-order valence-corrected chi connectivity index (χ4v) is 4.05. The second-order valence-corrected chi connectivity index (χ2v) is 8.87. The summed E-state index contributed by atoms with van der Waals surface area (Å²) in [6.45, 7) is 5.61. The van der Waals surface area contributed by atoms with Gasteiger partial charge >= 0.3 is 0 Å². The van der Waals surface area contributed by atoms with Crippen molar-refractivity contribution in [3.63, 3.8) is 0 Å². The number of hydrogen-bond acceptors (Lipinski definition) is 7. The topological polar surface area (TPSA) is 119 Å². The summed E-state index contributed by atoms with van der Waals surface area (Å²) in [6, 6.07) is 11.4. The van der Waals surface area contributed by atoms with Gasteiger partial charge in [0.15, 0.2) is 0 Å². The van der Waals surface area contributed by atoms with Crippen molar-refractivity contribution in [1.29, 1.82) is 0 Å². The Kier molecular flexibility index (Phi) is 10.8. The lowest BCUT2D eigenvalue weighted by atomic mass is 9.99. The van der Waals surface area contributed by atoms with E-state index in [0.29, 0.717) is 29.6 Å². The van der Waals surface area contributed by atoms with Crippen LogP contribution in [0.5, 0.6) is 5.75 Å². The number of aliphatic hydroxyl groups is 1. The monoisotopic (exact) mass is 497 g/mol. The molecule has 0 fully saturated rings. The molecule has 0 aliphatic carbocycles. The number of nitrogens with zero attached hydrogens (tertiary/aromatic N) is 1. The van der Waals surface area contributed by atoms with Crippen molar-refractivity contribution in [2.45, 2.75) is 39.3 Å². The van der Waals surface area contributed by atoms with Crippen molar-refractivity contribution in [3.8, 4) is 18.1 Å². The molecule has 0 spiro atoms. The number of aromatic hydroxyl groups is 1. The Morgan fingerprint density at radius 1 is 1.14 bits per heavy atom. The molecule has 8 nitrogen and oxygen atoms in total. The molecule has 2 amide bonds. The van der Waals surface area contributed by atoms with Crippen molar-refractivity contribution in [1.82, 2.24) is 14.9 Å². The number of aryl methyl sites for hydroxylation is 1. The first-order valence-corrected chi connectivity index (χ1v) is 12.0. The van der Waals surface area contributed by atoms with Gasteiger partial charge in [-0.15, -0.1) is 6.42 Å². The number of carbonyl (C=O) groups is 3. The second kappa shape index (κ2) is 13.5. The number of rotatable bonds is 11. The standard InChI is InChI=1S/C26H31N3O5S/c1-5-14-29(6-2)22(30)16-27-35-26(34)24(32)21(15-19-10-8-7-9-11-19)28-25(33)20-13-12-17(3)23(31)18(20)4/h1,7-13,21,24,27,31-32H,6,14-16H2,2-4H3,(H,28,33)/t21-,24-/m0/s1. The predicted octanol–water partition coefficient (Wildman–Crippen LogP) is 1.96. The number of benzene rings is 2. The van der Waals surface area contributed by atoms with E-state index in [2.05, 4.69) is 16.0 Å². The Labute approximate surface area is 210 Å². The van der Waals surface area contributed by atoms with Gasteiger partial charge in [0.05, 0.1) is 19.1 Å². The number of carbonyl (C=O) groups excluding carboxylic acids is 3. The molecule has 0 aliphatic heterocycles. The molecule has 35 heavy (non-hydrogen) atoms. The number of phenolic OH excluding ortho intramolecular Hbond substituents is 1. The summed E-state index contributed by atoms with van der Waals surface area (Å²) >= 11 is 0.599. The van der Waals surface area contributed by atoms with Gasteiger partial charge < -0.3 is 20.4 Å². The molecule has 2 aromatic carbocycles. The molecule has 2 rings (SSSR count). The van der Waals surface area contributed by atoms with Crippen LogP contribution in [0.2, 0.25) is 0 Å². The quantitative estimate of drug-likeness (QED) is 0.277. The molecule has 0 aromatic heterocycles. The van der Waals surface area contributed by atoms with Gasteiger partial charge in [-0.05, 0) is 56.3 Å². The Morgan fingerprint density at radius 2 is 1.83 bits per heavy atom. The van der Waals surface area contributed by atoms with Crippen LogP contribution in [0.15, 0.2) is 42.5 Å². The van der Waals surface area contributed by atoms with Gasteiger partial charge in [0.1, 0.15) is 11.9 Å². The molecule has 2 aromatic rings. The van der Waals surface area contributed by atoms with E-state index in [0.717, 1.165) is 5.56 Å². The average Bonchev–Trinajstić information content (AvgIpc) is 2.85. The number of aliphatic hydroxyl groups excluding tert-OH is 1. The highest BCUT2D eigenvalue weighted by Crippen LogP contribution is 2.24. The highest BCUT2D eigenvalue weighted by Gasteiger charge is 2.29. The summed E-state index contributed by atoms with van der Waals surface area (Å²) in [5.41, 5.74) is 2.10. The van der Waals surface area contributed by atoms with Crippen molar-refractivity contribution in [2.24, 2.45) is 0 Å². The summed E-state index contributed by atoms with van der Waals surface area (Å²) < 4.78 is 2.67. The van der Waals surface area contributed by atoms with Gasteiger partial charge in [-0.2, -0.15) is 0 Å². The third-order valence-electron chi connectivity index (χ3n) is 5.53. The van der Waals surface area contributed by atoms with E-state index in [1.165, 1.54) is 4.90 Å². The smallest absolute Gasteiger partial charge is 0.252 e. The van der Waals surface area contributed by atoms with E-state index < -0.39 is 23.2 Å². The van der Waals surface area contributed by atoms with Gasteiger partial charge in [0.25, 0.3) is 5.91 Å². The second-order valence-electron chi connectivity index (χ2n) is 7.97.